The molecule has 0 unspecified atom stereocenters. The van der Waals surface area contributed by atoms with Crippen LogP contribution in [0.1, 0.15) is 24.8 Å². The molecule has 2 heterocycles. The maximum atomic E-state index is 12.4. The van der Waals surface area contributed by atoms with E-state index in [-0.39, 0.29) is 29.1 Å². The number of rotatable bonds is 6. The van der Waals surface area contributed by atoms with Crippen LogP contribution in [0, 0.1) is 11.3 Å². The summed E-state index contributed by atoms with van der Waals surface area (Å²) in [6, 6.07) is 13.5. The first-order valence-corrected chi connectivity index (χ1v) is 10.7. The largest absolute Gasteiger partial charge is 0.473 e. The van der Waals surface area contributed by atoms with E-state index < -0.39 is 9.84 Å². The van der Waals surface area contributed by atoms with Crippen LogP contribution in [0.5, 0.6) is 5.88 Å². The third kappa shape index (κ3) is 4.87. The molecule has 7 nitrogen and oxygen atoms in total. The van der Waals surface area contributed by atoms with Crippen LogP contribution >= 0.6 is 0 Å². The highest BCUT2D eigenvalue weighted by Crippen LogP contribution is 2.21. The van der Waals surface area contributed by atoms with Gasteiger partial charge in [0.15, 0.2) is 9.84 Å². The van der Waals surface area contributed by atoms with Gasteiger partial charge in [-0.2, -0.15) is 5.26 Å². The smallest absolute Gasteiger partial charge is 0.231 e. The third-order valence-corrected chi connectivity index (χ3v) is 6.38. The number of benzene rings is 1. The van der Waals surface area contributed by atoms with Crippen molar-refractivity contribution in [2.45, 2.75) is 30.3 Å². The molecule has 0 saturated carbocycles. The molecule has 1 aliphatic heterocycles. The first-order valence-electron chi connectivity index (χ1n) is 9.07. The molecule has 146 valence electrons. The van der Waals surface area contributed by atoms with Crippen molar-refractivity contribution >= 4 is 15.7 Å². The summed E-state index contributed by atoms with van der Waals surface area (Å²) in [7, 11) is -3.46. The number of hydrogen-bond donors (Lipinski definition) is 0. The van der Waals surface area contributed by atoms with Crippen LogP contribution in [0.3, 0.4) is 0 Å². The van der Waals surface area contributed by atoms with Crippen molar-refractivity contribution in [3.8, 4) is 11.9 Å². The Morgan fingerprint density at radius 3 is 2.57 bits per heavy atom. The molecule has 2 aromatic rings. The van der Waals surface area contributed by atoms with Gasteiger partial charge < -0.3 is 9.64 Å². The van der Waals surface area contributed by atoms with Crippen LogP contribution in [0.2, 0.25) is 0 Å². The average molecular weight is 399 g/mol. The van der Waals surface area contributed by atoms with Crippen LogP contribution in [-0.2, 0) is 14.6 Å². The van der Waals surface area contributed by atoms with Gasteiger partial charge in [0.2, 0.25) is 11.8 Å². The van der Waals surface area contributed by atoms with Crippen molar-refractivity contribution in [1.82, 2.24) is 9.88 Å². The number of amides is 1. The average Bonchev–Trinajstić information content (AvgIpc) is 2.73. The summed E-state index contributed by atoms with van der Waals surface area (Å²) < 4.78 is 30.4. The van der Waals surface area contributed by atoms with E-state index in [9.17, 15) is 13.2 Å². The van der Waals surface area contributed by atoms with Gasteiger partial charge >= 0.3 is 0 Å². The third-order valence-electron chi connectivity index (χ3n) is 4.65. The number of aromatic nitrogens is 1. The van der Waals surface area contributed by atoms with E-state index >= 15 is 0 Å². The number of sulfone groups is 1. The van der Waals surface area contributed by atoms with Crippen LogP contribution in [0.25, 0.3) is 0 Å². The minimum atomic E-state index is -3.46. The maximum absolute atomic E-state index is 12.4. The Bertz CT molecular complexity index is 962. The lowest BCUT2D eigenvalue weighted by atomic mass is 10.1. The van der Waals surface area contributed by atoms with Crippen molar-refractivity contribution in [1.29, 1.82) is 5.26 Å². The van der Waals surface area contributed by atoms with Gasteiger partial charge in [0, 0.05) is 38.5 Å². The molecule has 0 spiro atoms. The van der Waals surface area contributed by atoms with Gasteiger partial charge in [-0.05, 0) is 24.3 Å². The highest BCUT2D eigenvalue weighted by Gasteiger charge is 2.26. The number of carbonyl (C=O) groups is 1. The number of carbonyl (C=O) groups excluding carboxylic acids is 1. The van der Waals surface area contributed by atoms with Crippen LogP contribution in [-0.4, -0.2) is 49.2 Å². The molecule has 0 aliphatic carbocycles. The lowest BCUT2D eigenvalue weighted by molar-refractivity contribution is -0.132. The first kappa shape index (κ1) is 19.8. The Morgan fingerprint density at radius 2 is 1.89 bits per heavy atom. The Balaban J connectivity index is 1.49. The minimum absolute atomic E-state index is 0.0401. The van der Waals surface area contributed by atoms with Crippen LogP contribution in [0.4, 0.5) is 0 Å². The molecule has 0 N–H and O–H groups in total. The highest BCUT2D eigenvalue weighted by molar-refractivity contribution is 7.91. The van der Waals surface area contributed by atoms with Gasteiger partial charge in [0.25, 0.3) is 0 Å². The quantitative estimate of drug-likeness (QED) is 0.738. The summed E-state index contributed by atoms with van der Waals surface area (Å²) in [6.07, 6.45) is 2.62. The molecule has 1 aromatic carbocycles. The van der Waals surface area contributed by atoms with Crippen LogP contribution in [0.15, 0.2) is 53.6 Å². The summed E-state index contributed by atoms with van der Waals surface area (Å²) in [6.45, 7) is 0.979. The minimum Gasteiger partial charge on any atom is -0.473 e. The second-order valence-electron chi connectivity index (χ2n) is 6.55. The number of hydrogen-bond acceptors (Lipinski definition) is 6. The Hall–Kier alpha value is -2.92. The number of nitriles is 1. The van der Waals surface area contributed by atoms with Crippen molar-refractivity contribution in [3.05, 3.63) is 54.2 Å². The molecule has 1 saturated heterocycles. The molecule has 1 aliphatic rings. The fourth-order valence-electron chi connectivity index (χ4n) is 3.08. The fourth-order valence-corrected chi connectivity index (χ4v) is 4.33. The van der Waals surface area contributed by atoms with Gasteiger partial charge in [0.05, 0.1) is 10.6 Å². The maximum Gasteiger partial charge on any atom is 0.231 e. The summed E-state index contributed by atoms with van der Waals surface area (Å²) >= 11 is 0. The SMILES string of the molecule is N#Cc1cccnc1OC1CCN(C(=O)CCS(=O)(=O)c2ccccc2)CC1. The van der Waals surface area contributed by atoms with Gasteiger partial charge in [0.1, 0.15) is 17.7 Å². The standard InChI is InChI=1S/C20H21N3O4S/c21-15-16-5-4-11-22-20(16)27-17-8-12-23(13-9-17)19(24)10-14-28(25,26)18-6-2-1-3-7-18/h1-7,11,17H,8-10,12-14H2. The summed E-state index contributed by atoms with van der Waals surface area (Å²) in [4.78, 5) is 18.4. The number of nitrogens with zero attached hydrogens (tertiary/aromatic N) is 3. The van der Waals surface area contributed by atoms with E-state index in [4.69, 9.17) is 10.00 Å². The molecular weight excluding hydrogens is 378 g/mol. The molecule has 0 atom stereocenters. The van der Waals surface area contributed by atoms with E-state index in [1.165, 1.54) is 12.1 Å². The second-order valence-corrected chi connectivity index (χ2v) is 8.66. The van der Waals surface area contributed by atoms with Crippen molar-refractivity contribution in [2.75, 3.05) is 18.8 Å². The van der Waals surface area contributed by atoms with E-state index in [2.05, 4.69) is 4.98 Å². The Morgan fingerprint density at radius 1 is 1.18 bits per heavy atom. The molecule has 0 bridgehead atoms. The zero-order valence-corrected chi connectivity index (χ0v) is 16.1. The summed E-state index contributed by atoms with van der Waals surface area (Å²) in [5.74, 6) is -0.0663. The monoisotopic (exact) mass is 399 g/mol. The predicted molar refractivity (Wildman–Crippen MR) is 102 cm³/mol. The van der Waals surface area contributed by atoms with Crippen molar-refractivity contribution in [3.63, 3.8) is 0 Å². The highest BCUT2D eigenvalue weighted by atomic mass is 32.2. The molecule has 0 radical (unpaired) electrons. The van der Waals surface area contributed by atoms with E-state index in [1.54, 1.807) is 41.4 Å². The summed E-state index contributed by atoms with van der Waals surface area (Å²) in [5.41, 5.74) is 0.382. The van der Waals surface area contributed by atoms with E-state index in [0.717, 1.165) is 0 Å². The van der Waals surface area contributed by atoms with Gasteiger partial charge in [-0.1, -0.05) is 18.2 Å². The van der Waals surface area contributed by atoms with Gasteiger partial charge in [-0.25, -0.2) is 13.4 Å². The number of ether oxygens (including phenoxy) is 1. The molecule has 1 fully saturated rings. The first-order chi connectivity index (χ1) is 13.5. The van der Waals surface area contributed by atoms with Crippen molar-refractivity contribution in [2.24, 2.45) is 0 Å². The second kappa shape index (κ2) is 8.85. The lowest BCUT2D eigenvalue weighted by Crippen LogP contribution is -2.42. The van der Waals surface area contributed by atoms with Gasteiger partial charge in [-0.3, -0.25) is 4.79 Å². The molecule has 1 amide bonds. The molecule has 3 rings (SSSR count). The molecule has 8 heteroatoms. The van der Waals surface area contributed by atoms with Crippen LogP contribution < -0.4 is 4.74 Å². The number of piperidine rings is 1. The topological polar surface area (TPSA) is 100 Å². The molecule has 1 aromatic heterocycles. The predicted octanol–water partition coefficient (Wildman–Crippen LogP) is 2.19. The summed E-state index contributed by atoms with van der Waals surface area (Å²) in [5, 5.41) is 9.10. The zero-order valence-electron chi connectivity index (χ0n) is 15.3. The van der Waals surface area contributed by atoms with E-state index in [1.807, 2.05) is 6.07 Å². The molecule has 28 heavy (non-hydrogen) atoms. The Kier molecular flexibility index (Phi) is 6.26. The lowest BCUT2D eigenvalue weighted by Gasteiger charge is -2.32. The molecular formula is C20H21N3O4S. The Labute approximate surface area is 164 Å². The number of likely N-dealkylation sites (tertiary alicyclic amines) is 1. The normalized spacial score (nSPS) is 15.0. The van der Waals surface area contributed by atoms with Gasteiger partial charge in [-0.15, -0.1) is 0 Å². The zero-order chi connectivity index (χ0) is 20.0. The van der Waals surface area contributed by atoms with Crippen molar-refractivity contribution < 1.29 is 17.9 Å². The van der Waals surface area contributed by atoms with E-state index in [0.29, 0.717) is 37.4 Å². The number of pyridine rings is 1. The fraction of sp³-hybridized carbons (Fsp3) is 0.350.